The van der Waals surface area contributed by atoms with Crippen LogP contribution in [0, 0.1) is 0 Å². The average Bonchev–Trinajstić information content (AvgIpc) is 3.16. The number of fused-ring (bicyclic) bond motifs is 1. The number of nitrogens with two attached hydrogens (primary N) is 2. The van der Waals surface area contributed by atoms with Gasteiger partial charge < -0.3 is 30.8 Å². The molecule has 0 fully saturated rings. The second-order valence-electron chi connectivity index (χ2n) is 6.25. The highest BCUT2D eigenvalue weighted by Crippen LogP contribution is 2.30. The maximum atomic E-state index is 12.3. The molecule has 9 nitrogen and oxygen atoms in total. The van der Waals surface area contributed by atoms with Crippen LogP contribution in [0.25, 0.3) is 5.70 Å². The summed E-state index contributed by atoms with van der Waals surface area (Å²) in [6, 6.07) is 6.50. The molecule has 11 heteroatoms. The normalized spacial score (nSPS) is 16.1. The molecule has 1 aliphatic rings. The number of hydrogen-bond donors (Lipinski definition) is 5. The van der Waals surface area contributed by atoms with Gasteiger partial charge in [-0.25, -0.2) is 10.6 Å². The maximum Gasteiger partial charge on any atom is 0.547 e. The van der Waals surface area contributed by atoms with E-state index in [1.165, 1.54) is 23.6 Å². The van der Waals surface area contributed by atoms with Crippen molar-refractivity contribution in [1.29, 1.82) is 0 Å². The lowest BCUT2D eigenvalue weighted by molar-refractivity contribution is -0.122. The largest absolute Gasteiger partial charge is 0.547 e. The van der Waals surface area contributed by atoms with Gasteiger partial charge in [-0.2, -0.15) is 11.3 Å². The Morgan fingerprint density at radius 1 is 1.43 bits per heavy atom. The molecular weight excluding hydrogens is 383 g/mol. The number of thiophene rings is 1. The van der Waals surface area contributed by atoms with Crippen molar-refractivity contribution in [3.05, 3.63) is 57.9 Å². The molecule has 7 N–H and O–H groups in total. The monoisotopic (exact) mass is 402 g/mol. The van der Waals surface area contributed by atoms with Crippen molar-refractivity contribution in [3.8, 4) is 5.75 Å². The first-order chi connectivity index (χ1) is 13.3. The molecule has 0 bridgehead atoms. The topological polar surface area (TPSA) is 151 Å². The Morgan fingerprint density at radius 3 is 2.89 bits per heavy atom. The van der Waals surface area contributed by atoms with Crippen LogP contribution < -0.4 is 21.5 Å². The van der Waals surface area contributed by atoms with Crippen LogP contribution in [-0.2, 0) is 11.2 Å². The second kappa shape index (κ2) is 8.34. The van der Waals surface area contributed by atoms with Gasteiger partial charge in [0.05, 0.1) is 17.2 Å². The van der Waals surface area contributed by atoms with E-state index in [1.807, 2.05) is 16.8 Å². The van der Waals surface area contributed by atoms with Gasteiger partial charge in [-0.3, -0.25) is 4.79 Å². The van der Waals surface area contributed by atoms with E-state index in [-0.39, 0.29) is 24.3 Å². The highest BCUT2D eigenvalue weighted by molar-refractivity contribution is 7.08. The minimum atomic E-state index is -1.38. The maximum absolute atomic E-state index is 12.3. The zero-order valence-corrected chi connectivity index (χ0v) is 15.6. The number of carbonyl (C=O) groups excluding carboxylic acids is 1. The van der Waals surface area contributed by atoms with E-state index in [4.69, 9.17) is 16.2 Å². The number of nitrogens with zero attached hydrogens (tertiary/aromatic N) is 1. The molecule has 1 unspecified atom stereocenters. The van der Waals surface area contributed by atoms with Crippen LogP contribution in [0.1, 0.15) is 21.5 Å². The highest BCUT2D eigenvalue weighted by Gasteiger charge is 2.37. The van der Waals surface area contributed by atoms with Crippen LogP contribution >= 0.6 is 11.3 Å². The average molecular weight is 402 g/mol. The van der Waals surface area contributed by atoms with Gasteiger partial charge in [0.2, 0.25) is 5.91 Å². The summed E-state index contributed by atoms with van der Waals surface area (Å²) >= 11 is 1.49. The van der Waals surface area contributed by atoms with E-state index in [0.29, 0.717) is 11.3 Å². The minimum absolute atomic E-state index is 0.0384. The Kier molecular flexibility index (Phi) is 5.88. The Morgan fingerprint density at radius 2 is 2.21 bits per heavy atom. The van der Waals surface area contributed by atoms with E-state index in [0.717, 1.165) is 10.6 Å². The van der Waals surface area contributed by atoms with Crippen LogP contribution in [0.15, 0.2) is 41.2 Å². The van der Waals surface area contributed by atoms with Crippen molar-refractivity contribution in [2.24, 2.45) is 11.6 Å². The molecule has 0 aliphatic carbocycles. The third-order valence-corrected chi connectivity index (χ3v) is 4.86. The van der Waals surface area contributed by atoms with Gasteiger partial charge in [0.25, 0.3) is 0 Å². The van der Waals surface area contributed by atoms with Crippen molar-refractivity contribution in [3.63, 3.8) is 0 Å². The molecule has 0 radical (unpaired) electrons. The summed E-state index contributed by atoms with van der Waals surface area (Å²) in [6.07, 6.45) is 1.67. The first-order valence-electron chi connectivity index (χ1n) is 8.35. The number of carboxylic acid groups (broad SMARTS) is 1. The number of nitrogens with one attached hydrogen (secondary N) is 1. The van der Waals surface area contributed by atoms with Gasteiger partial charge in [-0.15, -0.1) is 0 Å². The Bertz CT molecular complexity index is 905. The van der Waals surface area contributed by atoms with Crippen LogP contribution in [-0.4, -0.2) is 46.6 Å². The zero-order valence-electron chi connectivity index (χ0n) is 14.7. The molecule has 28 heavy (non-hydrogen) atoms. The Balaban J connectivity index is 1.62. The molecule has 2 heterocycles. The first kappa shape index (κ1) is 19.7. The molecule has 1 aromatic carbocycles. The summed E-state index contributed by atoms with van der Waals surface area (Å²) in [6.45, 7) is -0.184. The number of rotatable bonds is 6. The highest BCUT2D eigenvalue weighted by atomic mass is 32.1. The number of aromatic carboxylic acids is 1. The van der Waals surface area contributed by atoms with E-state index in [1.54, 1.807) is 12.1 Å². The number of carbonyl (C=O) groups is 2. The molecule has 1 aromatic heterocycles. The molecule has 146 valence electrons. The molecule has 0 saturated carbocycles. The Labute approximate surface area is 165 Å². The van der Waals surface area contributed by atoms with Crippen LogP contribution in [0.2, 0.25) is 0 Å². The van der Waals surface area contributed by atoms with Crippen molar-refractivity contribution in [2.45, 2.75) is 12.4 Å². The van der Waals surface area contributed by atoms with Crippen LogP contribution in [0.4, 0.5) is 0 Å². The standard InChI is InChI=1S/C17H19BN4O5S/c19-13(11-4-5-28-9-11)7-22(20)8-15(23)21-14-6-10-2-1-3-12(17(24)25)16(10)27-18(14)26/h1-5,7,9,14,26H,6,8,19-20H2,(H,21,23)(H,24,25)/b13-7-. The lowest BCUT2D eigenvalue weighted by Crippen LogP contribution is -2.55. The predicted molar refractivity (Wildman–Crippen MR) is 105 cm³/mol. The lowest BCUT2D eigenvalue weighted by atomic mass is 9.72. The smallest absolute Gasteiger partial charge is 0.534 e. The van der Waals surface area contributed by atoms with Crippen molar-refractivity contribution in [2.75, 3.05) is 6.54 Å². The number of hydrazine groups is 1. The quantitative estimate of drug-likeness (QED) is 0.258. The van der Waals surface area contributed by atoms with Gasteiger partial charge in [-0.1, -0.05) is 12.1 Å². The van der Waals surface area contributed by atoms with Crippen molar-refractivity contribution >= 4 is 36.0 Å². The fourth-order valence-corrected chi connectivity index (χ4v) is 3.53. The summed E-state index contributed by atoms with van der Waals surface area (Å²) in [7, 11) is -1.38. The second-order valence-corrected chi connectivity index (χ2v) is 7.03. The molecular formula is C17H19BN4O5S. The fraction of sp³-hybridized carbons (Fsp3) is 0.176. The fourth-order valence-electron chi connectivity index (χ4n) is 2.86. The van der Waals surface area contributed by atoms with Crippen molar-refractivity contribution in [1.82, 2.24) is 10.3 Å². The number of carboxylic acids is 1. The van der Waals surface area contributed by atoms with E-state index < -0.39 is 24.9 Å². The molecule has 0 spiro atoms. The van der Waals surface area contributed by atoms with Gasteiger partial charge >= 0.3 is 13.1 Å². The molecule has 1 amide bonds. The summed E-state index contributed by atoms with van der Waals surface area (Å²) in [4.78, 5) is 23.5. The summed E-state index contributed by atoms with van der Waals surface area (Å²) in [5.41, 5.74) is 7.70. The van der Waals surface area contributed by atoms with Crippen LogP contribution in [0.3, 0.4) is 0 Å². The van der Waals surface area contributed by atoms with E-state index >= 15 is 0 Å². The van der Waals surface area contributed by atoms with Crippen molar-refractivity contribution < 1.29 is 24.4 Å². The molecule has 0 saturated heterocycles. The number of amides is 1. The molecule has 2 aromatic rings. The third-order valence-electron chi connectivity index (χ3n) is 4.18. The van der Waals surface area contributed by atoms with Crippen LogP contribution in [0.5, 0.6) is 5.75 Å². The SMILES string of the molecule is N/C(=C\N(N)CC(=O)NC1Cc2cccc(C(=O)O)c2OB1O)c1ccsc1. The molecule has 1 atom stereocenters. The van der Waals surface area contributed by atoms with E-state index in [2.05, 4.69) is 5.32 Å². The number of hydrogen-bond acceptors (Lipinski definition) is 8. The van der Waals surface area contributed by atoms with Gasteiger partial charge in [0, 0.05) is 17.1 Å². The van der Waals surface area contributed by atoms with Gasteiger partial charge in [-0.05, 0) is 29.5 Å². The third kappa shape index (κ3) is 4.45. The summed E-state index contributed by atoms with van der Waals surface area (Å²) in [5, 5.41) is 26.9. The molecule has 1 aliphatic heterocycles. The summed E-state index contributed by atoms with van der Waals surface area (Å²) in [5.74, 6) is 3.59. The summed E-state index contributed by atoms with van der Waals surface area (Å²) < 4.78 is 5.34. The van der Waals surface area contributed by atoms with Gasteiger partial charge in [0.15, 0.2) is 0 Å². The molecule has 3 rings (SSSR count). The number of para-hydroxylation sites is 1. The predicted octanol–water partition coefficient (Wildman–Crippen LogP) is 0.0187. The zero-order chi connectivity index (χ0) is 20.3. The number of benzene rings is 1. The first-order valence-corrected chi connectivity index (χ1v) is 9.30. The minimum Gasteiger partial charge on any atom is -0.534 e. The lowest BCUT2D eigenvalue weighted by Gasteiger charge is -2.29. The Hall–Kier alpha value is -3.02. The van der Waals surface area contributed by atoms with E-state index in [9.17, 15) is 19.7 Å². The van der Waals surface area contributed by atoms with Gasteiger partial charge in [0.1, 0.15) is 12.3 Å².